The maximum atomic E-state index is 12.7. The minimum absolute atomic E-state index is 0.0264. The van der Waals surface area contributed by atoms with Gasteiger partial charge in [0.25, 0.3) is 5.91 Å². The zero-order valence-electron chi connectivity index (χ0n) is 15.6. The van der Waals surface area contributed by atoms with E-state index >= 15 is 0 Å². The molecule has 0 bridgehead atoms. The number of rotatable bonds is 5. The van der Waals surface area contributed by atoms with Crippen molar-refractivity contribution < 1.29 is 19.0 Å². The Bertz CT molecular complexity index is 853. The van der Waals surface area contributed by atoms with Crippen LogP contribution in [0.3, 0.4) is 0 Å². The Kier molecular flexibility index (Phi) is 5.91. The average molecular weight is 388 g/mol. The van der Waals surface area contributed by atoms with E-state index in [2.05, 4.69) is 0 Å². The molecule has 0 atom stereocenters. The van der Waals surface area contributed by atoms with Gasteiger partial charge in [-0.1, -0.05) is 23.7 Å². The van der Waals surface area contributed by atoms with Gasteiger partial charge in [-0.2, -0.15) is 0 Å². The van der Waals surface area contributed by atoms with E-state index in [9.17, 15) is 4.79 Å². The first-order valence-electron chi connectivity index (χ1n) is 8.61. The molecule has 5 nitrogen and oxygen atoms in total. The fraction of sp³-hybridized carbons (Fsp3) is 0.286. The number of amides is 1. The minimum Gasteiger partial charge on any atom is -0.496 e. The third-order valence-electron chi connectivity index (χ3n) is 4.60. The van der Waals surface area contributed by atoms with E-state index in [1.54, 1.807) is 50.5 Å². The maximum Gasteiger partial charge on any atom is 0.254 e. The number of carbonyl (C=O) groups is 1. The van der Waals surface area contributed by atoms with Crippen molar-refractivity contribution in [3.8, 4) is 17.2 Å². The van der Waals surface area contributed by atoms with Crippen molar-refractivity contribution in [2.24, 2.45) is 0 Å². The Morgan fingerprint density at radius 3 is 2.26 bits per heavy atom. The molecule has 0 N–H and O–H groups in total. The standard InChI is InChI=1S/C21H22ClNO4/c1-25-17-12-18(26-2)20(19(13-17)27-3)14-7-9-23(10-8-14)21(24)15-5-4-6-16(22)11-15/h4-7,11-13H,8-10H2,1-3H3. The summed E-state index contributed by atoms with van der Waals surface area (Å²) in [5.74, 6) is 2.02. The van der Waals surface area contributed by atoms with Gasteiger partial charge in [-0.25, -0.2) is 0 Å². The van der Waals surface area contributed by atoms with Crippen molar-refractivity contribution in [1.82, 2.24) is 4.90 Å². The lowest BCUT2D eigenvalue weighted by Crippen LogP contribution is -2.34. The van der Waals surface area contributed by atoms with Gasteiger partial charge >= 0.3 is 0 Å². The van der Waals surface area contributed by atoms with E-state index in [-0.39, 0.29) is 5.91 Å². The molecule has 27 heavy (non-hydrogen) atoms. The maximum absolute atomic E-state index is 12.7. The van der Waals surface area contributed by atoms with E-state index in [4.69, 9.17) is 25.8 Å². The second-order valence-electron chi connectivity index (χ2n) is 6.15. The monoisotopic (exact) mass is 387 g/mol. The number of nitrogens with zero attached hydrogens (tertiary/aromatic N) is 1. The average Bonchev–Trinajstić information content (AvgIpc) is 2.72. The second kappa shape index (κ2) is 8.35. The summed E-state index contributed by atoms with van der Waals surface area (Å²) < 4.78 is 16.4. The summed E-state index contributed by atoms with van der Waals surface area (Å²) in [6.07, 6.45) is 2.74. The zero-order chi connectivity index (χ0) is 19.4. The van der Waals surface area contributed by atoms with Gasteiger partial charge in [0, 0.05) is 35.8 Å². The van der Waals surface area contributed by atoms with Crippen molar-refractivity contribution >= 4 is 23.1 Å². The van der Waals surface area contributed by atoms with Crippen molar-refractivity contribution in [2.75, 3.05) is 34.4 Å². The highest BCUT2D eigenvalue weighted by atomic mass is 35.5. The molecule has 0 aromatic heterocycles. The summed E-state index contributed by atoms with van der Waals surface area (Å²) >= 11 is 6.00. The largest absolute Gasteiger partial charge is 0.496 e. The fourth-order valence-corrected chi connectivity index (χ4v) is 3.40. The smallest absolute Gasteiger partial charge is 0.254 e. The van der Waals surface area contributed by atoms with Crippen LogP contribution in [0.4, 0.5) is 0 Å². The SMILES string of the molecule is COc1cc(OC)c(C2=CCN(C(=O)c3cccc(Cl)c3)CC2)c(OC)c1. The van der Waals surface area contributed by atoms with Crippen LogP contribution >= 0.6 is 11.6 Å². The molecule has 1 aliphatic heterocycles. The molecule has 0 unspecified atom stereocenters. The Morgan fingerprint density at radius 1 is 1.04 bits per heavy atom. The van der Waals surface area contributed by atoms with Crippen molar-refractivity contribution in [3.63, 3.8) is 0 Å². The summed E-state index contributed by atoms with van der Waals surface area (Å²) in [5, 5.41) is 0.557. The topological polar surface area (TPSA) is 48.0 Å². The molecule has 2 aromatic rings. The minimum atomic E-state index is -0.0264. The molecule has 0 spiro atoms. The number of hydrogen-bond donors (Lipinski definition) is 0. The normalized spacial score (nSPS) is 13.8. The first kappa shape index (κ1) is 19.1. The van der Waals surface area contributed by atoms with Crippen LogP contribution in [-0.2, 0) is 0 Å². The van der Waals surface area contributed by atoms with Gasteiger partial charge in [0.05, 0.1) is 26.9 Å². The van der Waals surface area contributed by atoms with Gasteiger partial charge in [0.1, 0.15) is 17.2 Å². The number of halogens is 1. The zero-order valence-corrected chi connectivity index (χ0v) is 16.4. The molecule has 0 saturated heterocycles. The van der Waals surface area contributed by atoms with E-state index < -0.39 is 0 Å². The molecule has 2 aromatic carbocycles. The molecule has 0 aliphatic carbocycles. The van der Waals surface area contributed by atoms with Gasteiger partial charge in [0.15, 0.2) is 0 Å². The molecular formula is C21H22ClNO4. The van der Waals surface area contributed by atoms with Crippen molar-refractivity contribution in [1.29, 1.82) is 0 Å². The van der Waals surface area contributed by atoms with Crippen LogP contribution in [-0.4, -0.2) is 45.2 Å². The summed E-state index contributed by atoms with van der Waals surface area (Å²) in [6, 6.07) is 10.7. The third-order valence-corrected chi connectivity index (χ3v) is 4.84. The van der Waals surface area contributed by atoms with E-state index in [1.807, 2.05) is 18.2 Å². The first-order chi connectivity index (χ1) is 13.1. The van der Waals surface area contributed by atoms with Gasteiger partial charge in [-0.3, -0.25) is 4.79 Å². The van der Waals surface area contributed by atoms with Crippen LogP contribution in [0.25, 0.3) is 5.57 Å². The molecule has 0 fully saturated rings. The predicted octanol–water partition coefficient (Wildman–Crippen LogP) is 4.30. The molecule has 142 valence electrons. The van der Waals surface area contributed by atoms with Crippen LogP contribution in [0.1, 0.15) is 22.3 Å². The quantitative estimate of drug-likeness (QED) is 0.767. The molecule has 3 rings (SSSR count). The van der Waals surface area contributed by atoms with Crippen LogP contribution in [0.15, 0.2) is 42.5 Å². The highest BCUT2D eigenvalue weighted by Gasteiger charge is 2.23. The van der Waals surface area contributed by atoms with Crippen LogP contribution in [0.2, 0.25) is 5.02 Å². The van der Waals surface area contributed by atoms with Crippen molar-refractivity contribution in [2.45, 2.75) is 6.42 Å². The molecule has 1 amide bonds. The van der Waals surface area contributed by atoms with E-state index in [0.717, 1.165) is 11.1 Å². The lowest BCUT2D eigenvalue weighted by atomic mass is 9.96. The summed E-state index contributed by atoms with van der Waals surface area (Å²) in [4.78, 5) is 14.5. The fourth-order valence-electron chi connectivity index (χ4n) is 3.21. The number of carbonyl (C=O) groups excluding carboxylic acids is 1. The Balaban J connectivity index is 1.86. The third kappa shape index (κ3) is 4.03. The van der Waals surface area contributed by atoms with Gasteiger partial charge in [-0.05, 0) is 30.2 Å². The molecule has 1 heterocycles. The highest BCUT2D eigenvalue weighted by molar-refractivity contribution is 6.30. The lowest BCUT2D eigenvalue weighted by Gasteiger charge is -2.28. The number of benzene rings is 2. The molecule has 0 saturated carbocycles. The number of hydrogen-bond acceptors (Lipinski definition) is 4. The van der Waals surface area contributed by atoms with Crippen LogP contribution < -0.4 is 14.2 Å². The summed E-state index contributed by atoms with van der Waals surface area (Å²) in [6.45, 7) is 1.12. The van der Waals surface area contributed by atoms with E-state index in [1.165, 1.54) is 0 Å². The Labute approximate surface area is 164 Å². The number of methoxy groups -OCH3 is 3. The first-order valence-corrected chi connectivity index (χ1v) is 8.99. The lowest BCUT2D eigenvalue weighted by molar-refractivity contribution is 0.0773. The highest BCUT2D eigenvalue weighted by Crippen LogP contribution is 2.40. The van der Waals surface area contributed by atoms with Gasteiger partial charge in [-0.15, -0.1) is 0 Å². The second-order valence-corrected chi connectivity index (χ2v) is 6.58. The van der Waals surface area contributed by atoms with Gasteiger partial charge in [0.2, 0.25) is 0 Å². The Morgan fingerprint density at radius 2 is 1.74 bits per heavy atom. The molecule has 0 radical (unpaired) electrons. The van der Waals surface area contributed by atoms with Crippen molar-refractivity contribution in [3.05, 3.63) is 58.6 Å². The molecule has 1 aliphatic rings. The van der Waals surface area contributed by atoms with Crippen LogP contribution in [0, 0.1) is 0 Å². The van der Waals surface area contributed by atoms with E-state index in [0.29, 0.717) is 47.3 Å². The predicted molar refractivity (Wildman–Crippen MR) is 106 cm³/mol. The number of ether oxygens (including phenoxy) is 3. The molecular weight excluding hydrogens is 366 g/mol. The van der Waals surface area contributed by atoms with Crippen LogP contribution in [0.5, 0.6) is 17.2 Å². The summed E-state index contributed by atoms with van der Waals surface area (Å²) in [7, 11) is 4.85. The molecule has 6 heteroatoms. The van der Waals surface area contributed by atoms with Gasteiger partial charge < -0.3 is 19.1 Å². The Hall–Kier alpha value is -2.66. The summed E-state index contributed by atoms with van der Waals surface area (Å²) in [5.41, 5.74) is 2.58.